The lowest BCUT2D eigenvalue weighted by Crippen LogP contribution is -2.09. The van der Waals surface area contributed by atoms with Gasteiger partial charge in [-0.3, -0.25) is 0 Å². The summed E-state index contributed by atoms with van der Waals surface area (Å²) >= 11 is 0. The fourth-order valence-electron chi connectivity index (χ4n) is 2.66. The van der Waals surface area contributed by atoms with Crippen molar-refractivity contribution in [3.63, 3.8) is 0 Å². The highest BCUT2D eigenvalue weighted by molar-refractivity contribution is 6.02. The topological polar surface area (TPSA) is 63.6 Å². The van der Waals surface area contributed by atoms with E-state index < -0.39 is 11.9 Å². The van der Waals surface area contributed by atoms with Crippen molar-refractivity contribution in [2.24, 2.45) is 0 Å². The summed E-state index contributed by atoms with van der Waals surface area (Å²) in [5.74, 6) is -1.77. The average molecular weight is 346 g/mol. The van der Waals surface area contributed by atoms with Crippen LogP contribution in [0, 0.1) is 0 Å². The maximum atomic E-state index is 11.9. The van der Waals surface area contributed by atoms with Crippen molar-refractivity contribution in [1.82, 2.24) is 0 Å². The smallest absolute Gasteiger partial charge is 0.343 e. The van der Waals surface area contributed by atoms with Gasteiger partial charge >= 0.3 is 11.9 Å². The summed E-state index contributed by atoms with van der Waals surface area (Å²) in [7, 11) is 0. The molecule has 0 heterocycles. The van der Waals surface area contributed by atoms with Crippen LogP contribution in [0.2, 0.25) is 0 Å². The highest BCUT2D eigenvalue weighted by atomic mass is 16.5. The second-order valence-corrected chi connectivity index (χ2v) is 6.24. The number of hydrogen-bond acceptors (Lipinski definition) is 3. The van der Waals surface area contributed by atoms with Crippen LogP contribution < -0.4 is 0 Å². The van der Waals surface area contributed by atoms with E-state index in [2.05, 4.69) is 6.92 Å². The Bertz CT molecular complexity index is 549. The van der Waals surface area contributed by atoms with Gasteiger partial charge in [0.15, 0.2) is 0 Å². The van der Waals surface area contributed by atoms with Crippen molar-refractivity contribution in [3.05, 3.63) is 47.7 Å². The molecule has 0 radical (unpaired) electrons. The molecule has 138 valence electrons. The summed E-state index contributed by atoms with van der Waals surface area (Å²) in [5.41, 5.74) is 0.0301. The van der Waals surface area contributed by atoms with E-state index in [0.29, 0.717) is 0 Å². The van der Waals surface area contributed by atoms with Gasteiger partial charge in [-0.1, -0.05) is 70.4 Å². The molecule has 0 aliphatic carbocycles. The first-order valence-electron chi connectivity index (χ1n) is 9.35. The highest BCUT2D eigenvalue weighted by Crippen LogP contribution is 2.12. The molecule has 1 aromatic carbocycles. The lowest BCUT2D eigenvalue weighted by molar-refractivity contribution is 0.0631. The number of unbranched alkanes of at least 4 members (excludes halogenated alkanes) is 9. The Morgan fingerprint density at radius 3 is 2.08 bits per heavy atom. The number of carboxylic acids is 1. The van der Waals surface area contributed by atoms with E-state index in [1.165, 1.54) is 69.8 Å². The van der Waals surface area contributed by atoms with Gasteiger partial charge in [-0.2, -0.15) is 0 Å². The van der Waals surface area contributed by atoms with Gasteiger partial charge in [0.1, 0.15) is 0 Å². The van der Waals surface area contributed by atoms with Gasteiger partial charge in [-0.05, 0) is 31.1 Å². The molecular formula is C21H30O4. The van der Waals surface area contributed by atoms with Crippen LogP contribution in [-0.2, 0) is 4.74 Å². The number of carbonyl (C=O) groups is 2. The van der Waals surface area contributed by atoms with Crippen LogP contribution in [0.3, 0.4) is 0 Å². The summed E-state index contributed by atoms with van der Waals surface area (Å²) in [4.78, 5) is 23.0. The molecule has 0 unspecified atom stereocenters. The minimum atomic E-state index is -1.13. The molecule has 0 saturated heterocycles. The molecule has 0 saturated carbocycles. The summed E-state index contributed by atoms with van der Waals surface area (Å²) in [6.45, 7) is 2.23. The quantitative estimate of drug-likeness (QED) is 0.271. The van der Waals surface area contributed by atoms with E-state index >= 15 is 0 Å². The standard InChI is InChI=1S/C21H30O4/c1-2-3-4-5-6-7-8-9-10-11-14-17-25-21(24)19-16-13-12-15-18(19)20(22)23/h12-17H,2-11H2,1H3,(H,22,23)/b17-14+. The molecule has 0 aliphatic rings. The molecule has 1 aromatic rings. The predicted octanol–water partition coefficient (Wildman–Crippen LogP) is 5.98. The van der Waals surface area contributed by atoms with E-state index in [0.717, 1.165) is 12.8 Å². The van der Waals surface area contributed by atoms with E-state index in [-0.39, 0.29) is 11.1 Å². The number of hydrogen-bond donors (Lipinski definition) is 1. The fourth-order valence-corrected chi connectivity index (χ4v) is 2.66. The highest BCUT2D eigenvalue weighted by Gasteiger charge is 2.16. The molecule has 0 spiro atoms. The summed E-state index contributed by atoms with van der Waals surface area (Å²) in [6, 6.07) is 6.06. The number of ether oxygens (including phenoxy) is 1. The SMILES string of the molecule is CCCCCCCCCCC/C=C/OC(=O)c1ccccc1C(=O)O. The van der Waals surface area contributed by atoms with Crippen LogP contribution in [0.25, 0.3) is 0 Å². The normalized spacial score (nSPS) is 10.9. The minimum Gasteiger partial charge on any atom is -0.478 e. The summed E-state index contributed by atoms with van der Waals surface area (Å²) in [5, 5.41) is 9.06. The van der Waals surface area contributed by atoms with E-state index in [4.69, 9.17) is 9.84 Å². The van der Waals surface area contributed by atoms with Crippen LogP contribution in [-0.4, -0.2) is 17.0 Å². The Morgan fingerprint density at radius 1 is 0.920 bits per heavy atom. The lowest BCUT2D eigenvalue weighted by Gasteiger charge is -2.03. The van der Waals surface area contributed by atoms with Crippen LogP contribution >= 0.6 is 0 Å². The Morgan fingerprint density at radius 2 is 1.48 bits per heavy atom. The third kappa shape index (κ3) is 9.08. The zero-order valence-electron chi connectivity index (χ0n) is 15.2. The maximum absolute atomic E-state index is 11.9. The van der Waals surface area contributed by atoms with Crippen molar-refractivity contribution < 1.29 is 19.4 Å². The van der Waals surface area contributed by atoms with Gasteiger partial charge in [-0.25, -0.2) is 9.59 Å². The lowest BCUT2D eigenvalue weighted by atomic mass is 10.1. The monoisotopic (exact) mass is 346 g/mol. The summed E-state index contributed by atoms with van der Waals surface area (Å²) < 4.78 is 5.02. The van der Waals surface area contributed by atoms with Crippen LogP contribution in [0.15, 0.2) is 36.6 Å². The molecule has 0 bridgehead atoms. The van der Waals surface area contributed by atoms with Crippen LogP contribution in [0.5, 0.6) is 0 Å². The molecule has 25 heavy (non-hydrogen) atoms. The molecule has 0 amide bonds. The van der Waals surface area contributed by atoms with Gasteiger partial charge in [-0.15, -0.1) is 0 Å². The maximum Gasteiger partial charge on any atom is 0.343 e. The molecule has 4 heteroatoms. The minimum absolute atomic E-state index is 0.0418. The van der Waals surface area contributed by atoms with Crippen molar-refractivity contribution in [2.75, 3.05) is 0 Å². The molecule has 0 atom stereocenters. The number of carboxylic acid groups (broad SMARTS) is 1. The number of rotatable bonds is 13. The van der Waals surface area contributed by atoms with Crippen LogP contribution in [0.1, 0.15) is 91.8 Å². The van der Waals surface area contributed by atoms with Gasteiger partial charge in [0, 0.05) is 0 Å². The number of benzene rings is 1. The molecule has 0 fully saturated rings. The predicted molar refractivity (Wildman–Crippen MR) is 99.8 cm³/mol. The van der Waals surface area contributed by atoms with Crippen LogP contribution in [0.4, 0.5) is 0 Å². The average Bonchev–Trinajstić information content (AvgIpc) is 2.62. The molecule has 4 nitrogen and oxygen atoms in total. The summed E-state index contributed by atoms with van der Waals surface area (Å²) in [6.07, 6.45) is 15.5. The second kappa shape index (κ2) is 13.2. The first kappa shape index (κ1) is 20.9. The van der Waals surface area contributed by atoms with Crippen molar-refractivity contribution in [3.8, 4) is 0 Å². The zero-order valence-corrected chi connectivity index (χ0v) is 15.2. The molecular weight excluding hydrogens is 316 g/mol. The van der Waals surface area contributed by atoms with Gasteiger partial charge < -0.3 is 9.84 Å². The van der Waals surface area contributed by atoms with Gasteiger partial charge in [0.2, 0.25) is 0 Å². The number of aromatic carboxylic acids is 1. The molecule has 0 aliphatic heterocycles. The van der Waals surface area contributed by atoms with Gasteiger partial charge in [0.25, 0.3) is 0 Å². The molecule has 0 aromatic heterocycles. The second-order valence-electron chi connectivity index (χ2n) is 6.24. The molecule has 1 N–H and O–H groups in total. The van der Waals surface area contributed by atoms with Crippen molar-refractivity contribution >= 4 is 11.9 Å². The third-order valence-electron chi connectivity index (χ3n) is 4.12. The number of allylic oxidation sites excluding steroid dienone is 1. The first-order valence-corrected chi connectivity index (χ1v) is 9.35. The Balaban J connectivity index is 2.14. The Labute approximate surface area is 150 Å². The Hall–Kier alpha value is -2.10. The van der Waals surface area contributed by atoms with Crippen molar-refractivity contribution in [1.29, 1.82) is 0 Å². The fraction of sp³-hybridized carbons (Fsp3) is 0.524. The van der Waals surface area contributed by atoms with E-state index in [1.807, 2.05) is 6.08 Å². The van der Waals surface area contributed by atoms with Gasteiger partial charge in [0.05, 0.1) is 17.4 Å². The Kier molecular flexibility index (Phi) is 11.1. The largest absolute Gasteiger partial charge is 0.478 e. The number of carbonyl (C=O) groups excluding carboxylic acids is 1. The van der Waals surface area contributed by atoms with E-state index in [9.17, 15) is 9.59 Å². The van der Waals surface area contributed by atoms with Crippen molar-refractivity contribution in [2.45, 2.75) is 71.1 Å². The third-order valence-corrected chi connectivity index (χ3v) is 4.12. The molecule has 1 rings (SSSR count). The first-order chi connectivity index (χ1) is 12.2. The zero-order chi connectivity index (χ0) is 18.3. The van der Waals surface area contributed by atoms with E-state index in [1.54, 1.807) is 12.1 Å². The number of esters is 1.